The van der Waals surface area contributed by atoms with Gasteiger partial charge >= 0.3 is 5.97 Å². The van der Waals surface area contributed by atoms with Gasteiger partial charge < -0.3 is 10.8 Å². The Bertz CT molecular complexity index is 112. The predicted molar refractivity (Wildman–Crippen MR) is 46.5 cm³/mol. The second-order valence-corrected chi connectivity index (χ2v) is 4.16. The maximum atomic E-state index is 10.1. The molecule has 0 aromatic rings. The fourth-order valence-electron chi connectivity index (χ4n) is 0.388. The molecular weight excluding hydrogens is 218 g/mol. The summed E-state index contributed by atoms with van der Waals surface area (Å²) in [6.45, 7) is 0. The molecule has 10 heavy (non-hydrogen) atoms. The summed E-state index contributed by atoms with van der Waals surface area (Å²) < 4.78 is 0.833. The van der Waals surface area contributed by atoms with E-state index in [-0.39, 0.29) is 0 Å². The highest BCUT2D eigenvalue weighted by Crippen LogP contribution is 2.06. The van der Waals surface area contributed by atoms with Gasteiger partial charge in [0.05, 0.1) is 0 Å². The van der Waals surface area contributed by atoms with Crippen molar-refractivity contribution in [1.29, 1.82) is 0 Å². The Morgan fingerprint density at radius 2 is 2.40 bits per heavy atom. The number of halogens is 1. The van der Waals surface area contributed by atoms with Crippen LogP contribution in [-0.4, -0.2) is 27.5 Å². The lowest BCUT2D eigenvalue weighted by Gasteiger charge is -2.03. The van der Waals surface area contributed by atoms with Gasteiger partial charge in [-0.05, 0) is 12.2 Å². The maximum Gasteiger partial charge on any atom is 0.320 e. The number of carboxylic acid groups (broad SMARTS) is 1. The second kappa shape index (κ2) is 6.00. The van der Waals surface area contributed by atoms with Gasteiger partial charge in [0.2, 0.25) is 0 Å². The Morgan fingerprint density at radius 3 is 2.80 bits per heavy atom. The highest BCUT2D eigenvalue weighted by Gasteiger charge is 2.09. The van der Waals surface area contributed by atoms with Gasteiger partial charge in [0.1, 0.15) is 6.04 Å². The fraction of sp³-hybridized carbons (Fsp3) is 0.800. The van der Waals surface area contributed by atoms with Gasteiger partial charge in [-0.15, -0.1) is 0 Å². The van der Waals surface area contributed by atoms with Crippen LogP contribution in [0, 0.1) is 0 Å². The van der Waals surface area contributed by atoms with E-state index in [0.29, 0.717) is 6.42 Å². The quantitative estimate of drug-likeness (QED) is 0.541. The van der Waals surface area contributed by atoms with Crippen molar-refractivity contribution in [3.63, 3.8) is 0 Å². The maximum absolute atomic E-state index is 10.1. The molecule has 0 aliphatic carbocycles. The molecule has 0 fully saturated rings. The number of carboxylic acids is 1. The van der Waals surface area contributed by atoms with Crippen LogP contribution in [0.15, 0.2) is 0 Å². The molecule has 0 aromatic heterocycles. The van der Waals surface area contributed by atoms with E-state index >= 15 is 0 Å². The van der Waals surface area contributed by atoms with Crippen molar-refractivity contribution in [2.45, 2.75) is 12.5 Å². The topological polar surface area (TPSA) is 63.3 Å². The SMILES string of the molecule is N[C@@H](CCSCBr)C(=O)O. The second-order valence-electron chi connectivity index (χ2n) is 1.75. The van der Waals surface area contributed by atoms with Crippen LogP contribution >= 0.6 is 27.7 Å². The lowest BCUT2D eigenvalue weighted by molar-refractivity contribution is -0.138. The average molecular weight is 228 g/mol. The molecule has 0 spiro atoms. The first-order valence-electron chi connectivity index (χ1n) is 2.80. The minimum Gasteiger partial charge on any atom is -0.480 e. The first-order chi connectivity index (χ1) is 4.68. The molecule has 0 aliphatic heterocycles. The summed E-state index contributed by atoms with van der Waals surface area (Å²) >= 11 is 4.84. The number of carbonyl (C=O) groups is 1. The summed E-state index contributed by atoms with van der Waals surface area (Å²) in [5.41, 5.74) is 5.23. The highest BCUT2D eigenvalue weighted by molar-refractivity contribution is 9.11. The van der Waals surface area contributed by atoms with Gasteiger partial charge in [-0.1, -0.05) is 15.9 Å². The Balaban J connectivity index is 3.21. The third-order valence-electron chi connectivity index (χ3n) is 0.968. The number of alkyl halides is 1. The Labute approximate surface area is 72.5 Å². The lowest BCUT2D eigenvalue weighted by atomic mass is 10.2. The molecule has 0 heterocycles. The van der Waals surface area contributed by atoms with Crippen molar-refractivity contribution in [1.82, 2.24) is 0 Å². The van der Waals surface area contributed by atoms with E-state index in [4.69, 9.17) is 10.8 Å². The molecule has 0 aliphatic rings. The van der Waals surface area contributed by atoms with Crippen LogP contribution in [0.4, 0.5) is 0 Å². The molecule has 1 atom stereocenters. The largest absolute Gasteiger partial charge is 0.480 e. The van der Waals surface area contributed by atoms with Crippen molar-refractivity contribution < 1.29 is 9.90 Å². The van der Waals surface area contributed by atoms with Crippen LogP contribution in [0.3, 0.4) is 0 Å². The van der Waals surface area contributed by atoms with E-state index in [0.717, 1.165) is 10.4 Å². The van der Waals surface area contributed by atoms with Crippen LogP contribution in [0.25, 0.3) is 0 Å². The van der Waals surface area contributed by atoms with Gasteiger partial charge in [-0.2, -0.15) is 11.8 Å². The summed E-state index contributed by atoms with van der Waals surface area (Å²) in [6.07, 6.45) is 0.533. The smallest absolute Gasteiger partial charge is 0.320 e. The van der Waals surface area contributed by atoms with Gasteiger partial charge in [-0.25, -0.2) is 0 Å². The molecule has 0 saturated heterocycles. The minimum atomic E-state index is -0.921. The van der Waals surface area contributed by atoms with Gasteiger partial charge in [0.25, 0.3) is 0 Å². The Kier molecular flexibility index (Phi) is 6.16. The molecule has 3 N–H and O–H groups in total. The summed E-state index contributed by atoms with van der Waals surface area (Å²) in [5, 5.41) is 8.34. The predicted octanol–water partition coefficient (Wildman–Crippen LogP) is 0.874. The molecule has 0 amide bonds. The standard InChI is InChI=1S/C5H10BrNO2S/c6-3-10-2-1-4(7)5(8)9/h4H,1-3,7H2,(H,8,9)/t4-/m0/s1. The summed E-state index contributed by atoms with van der Waals surface area (Å²) in [5.74, 6) is -0.131. The molecule has 0 radical (unpaired) electrons. The molecule has 0 unspecified atom stereocenters. The van der Waals surface area contributed by atoms with Crippen molar-refractivity contribution in [2.24, 2.45) is 5.73 Å². The van der Waals surface area contributed by atoms with Gasteiger partial charge in [-0.3, -0.25) is 4.79 Å². The first kappa shape index (κ1) is 10.3. The molecule has 0 rings (SSSR count). The van der Waals surface area contributed by atoms with E-state index in [2.05, 4.69) is 15.9 Å². The fourth-order valence-corrected chi connectivity index (χ4v) is 1.60. The van der Waals surface area contributed by atoms with Gasteiger partial charge in [0.15, 0.2) is 0 Å². The molecule has 60 valence electrons. The van der Waals surface area contributed by atoms with E-state index in [9.17, 15) is 4.79 Å². The number of hydrogen-bond donors (Lipinski definition) is 2. The van der Waals surface area contributed by atoms with Crippen LogP contribution in [-0.2, 0) is 4.79 Å². The van der Waals surface area contributed by atoms with Crippen molar-refractivity contribution in [3.05, 3.63) is 0 Å². The first-order valence-corrected chi connectivity index (χ1v) is 5.08. The molecule has 5 heteroatoms. The Morgan fingerprint density at radius 1 is 1.80 bits per heavy atom. The monoisotopic (exact) mass is 227 g/mol. The van der Waals surface area contributed by atoms with Crippen molar-refractivity contribution in [3.8, 4) is 0 Å². The minimum absolute atomic E-state index is 0.533. The average Bonchev–Trinajstić information content (AvgIpc) is 1.88. The van der Waals surface area contributed by atoms with E-state index in [1.165, 1.54) is 0 Å². The molecule has 0 aromatic carbocycles. The van der Waals surface area contributed by atoms with Crippen LogP contribution in [0.2, 0.25) is 0 Å². The van der Waals surface area contributed by atoms with Crippen molar-refractivity contribution in [2.75, 3.05) is 10.4 Å². The third kappa shape index (κ3) is 5.08. The van der Waals surface area contributed by atoms with Crippen molar-refractivity contribution >= 4 is 33.7 Å². The number of thioether (sulfide) groups is 1. The number of rotatable bonds is 5. The molecule has 0 saturated carbocycles. The zero-order valence-electron chi connectivity index (χ0n) is 5.42. The number of nitrogens with two attached hydrogens (primary N) is 1. The molecular formula is C5H10BrNO2S. The third-order valence-corrected chi connectivity index (χ3v) is 2.62. The van der Waals surface area contributed by atoms with E-state index < -0.39 is 12.0 Å². The number of aliphatic carboxylic acids is 1. The molecule has 0 bridgehead atoms. The van der Waals surface area contributed by atoms with Crippen LogP contribution in [0.1, 0.15) is 6.42 Å². The molecule has 3 nitrogen and oxygen atoms in total. The zero-order valence-corrected chi connectivity index (χ0v) is 7.82. The van der Waals surface area contributed by atoms with Crippen LogP contribution in [0.5, 0.6) is 0 Å². The van der Waals surface area contributed by atoms with E-state index in [1.54, 1.807) is 11.8 Å². The van der Waals surface area contributed by atoms with E-state index in [1.807, 2.05) is 0 Å². The summed E-state index contributed by atoms with van der Waals surface area (Å²) in [6, 6.07) is -0.702. The number of hydrogen-bond acceptors (Lipinski definition) is 3. The van der Waals surface area contributed by atoms with Crippen LogP contribution < -0.4 is 5.73 Å². The summed E-state index contributed by atoms with van der Waals surface area (Å²) in [7, 11) is 0. The zero-order chi connectivity index (χ0) is 7.98. The Hall–Kier alpha value is 0.260. The highest BCUT2D eigenvalue weighted by atomic mass is 79.9. The summed E-state index contributed by atoms with van der Waals surface area (Å²) in [4.78, 5) is 10.1. The van der Waals surface area contributed by atoms with Gasteiger partial charge in [0, 0.05) is 4.66 Å². The normalized spacial score (nSPS) is 13.0. The lowest BCUT2D eigenvalue weighted by Crippen LogP contribution is -2.30.